The maximum absolute atomic E-state index is 10.8. The molecule has 0 radical (unpaired) electrons. The van der Waals surface area contributed by atoms with Gasteiger partial charge >= 0.3 is 0 Å². The molecule has 0 aliphatic heterocycles. The Hall–Kier alpha value is -1.88. The molecule has 0 saturated carbocycles. The number of aromatic nitrogens is 1. The van der Waals surface area contributed by atoms with E-state index >= 15 is 0 Å². The minimum Gasteiger partial charge on any atom is -0.544 e. The van der Waals surface area contributed by atoms with E-state index in [1.807, 2.05) is 31.2 Å². The maximum Gasteiger partial charge on any atom is 0.140 e. The third-order valence-corrected chi connectivity index (χ3v) is 3.52. The van der Waals surface area contributed by atoms with Gasteiger partial charge in [0.15, 0.2) is 0 Å². The normalized spacial score (nSPS) is 10.3. The topological polar surface area (TPSA) is 62.2 Å². The van der Waals surface area contributed by atoms with Crippen molar-refractivity contribution in [1.29, 1.82) is 0 Å². The van der Waals surface area contributed by atoms with Gasteiger partial charge in [0, 0.05) is 0 Å². The molecule has 0 fully saturated rings. The van der Waals surface area contributed by atoms with Gasteiger partial charge in [0.1, 0.15) is 17.4 Å². The number of carbonyl (C=O) groups excluding carboxylic acids is 1. The van der Waals surface area contributed by atoms with E-state index < -0.39 is 5.97 Å². The molecule has 0 bridgehead atoms. The Labute approximate surface area is 109 Å². The molecule has 1 aromatic carbocycles. The Morgan fingerprint density at radius 1 is 1.33 bits per heavy atom. The molecule has 5 heteroatoms. The Balaban J connectivity index is 2.04. The van der Waals surface area contributed by atoms with Crippen LogP contribution in [0.4, 0.5) is 0 Å². The first-order chi connectivity index (χ1) is 8.56. The summed E-state index contributed by atoms with van der Waals surface area (Å²) in [5.74, 6) is -0.449. The van der Waals surface area contributed by atoms with Crippen LogP contribution in [0.25, 0.3) is 0 Å². The van der Waals surface area contributed by atoms with Crippen LogP contribution in [0.15, 0.2) is 24.3 Å². The Morgan fingerprint density at radius 2 is 2.00 bits per heavy atom. The molecule has 2 aromatic rings. The summed E-state index contributed by atoms with van der Waals surface area (Å²) in [6, 6.07) is 7.65. The van der Waals surface area contributed by atoms with E-state index in [0.29, 0.717) is 10.7 Å². The monoisotopic (exact) mass is 262 g/mol. The van der Waals surface area contributed by atoms with Crippen LogP contribution in [-0.4, -0.2) is 11.0 Å². The molecule has 4 nitrogen and oxygen atoms in total. The van der Waals surface area contributed by atoms with Crippen molar-refractivity contribution in [2.75, 3.05) is 0 Å². The molecular formula is C13H12NO3S-. The number of benzene rings is 1. The summed E-state index contributed by atoms with van der Waals surface area (Å²) >= 11 is 1.09. The predicted octanol–water partition coefficient (Wildman–Crippen LogP) is 1.70. The number of nitrogens with zero attached hydrogens (tertiary/aromatic N) is 1. The summed E-state index contributed by atoms with van der Waals surface area (Å²) in [6.07, 6.45) is 0. The van der Waals surface area contributed by atoms with Gasteiger partial charge in [-0.05, 0) is 26.0 Å². The number of carboxylic acids is 1. The summed E-state index contributed by atoms with van der Waals surface area (Å²) in [4.78, 5) is 15.1. The van der Waals surface area contributed by atoms with Crippen molar-refractivity contribution in [3.8, 4) is 5.75 Å². The van der Waals surface area contributed by atoms with Crippen molar-refractivity contribution in [2.24, 2.45) is 0 Å². The number of carbonyl (C=O) groups is 1. The second-order valence-electron chi connectivity index (χ2n) is 3.91. The van der Waals surface area contributed by atoms with E-state index in [2.05, 4.69) is 4.98 Å². The lowest BCUT2D eigenvalue weighted by Gasteiger charge is -2.03. The van der Waals surface area contributed by atoms with Crippen LogP contribution in [0.3, 0.4) is 0 Å². The van der Waals surface area contributed by atoms with Crippen molar-refractivity contribution in [1.82, 2.24) is 4.98 Å². The van der Waals surface area contributed by atoms with E-state index in [-0.39, 0.29) is 11.5 Å². The van der Waals surface area contributed by atoms with Crippen molar-refractivity contribution < 1.29 is 14.6 Å². The molecular weight excluding hydrogens is 250 g/mol. The van der Waals surface area contributed by atoms with Gasteiger partial charge in [-0.3, -0.25) is 0 Å². The first kappa shape index (κ1) is 12.6. The van der Waals surface area contributed by atoms with Gasteiger partial charge in [0.05, 0.1) is 16.5 Å². The summed E-state index contributed by atoms with van der Waals surface area (Å²) in [5, 5.41) is 11.4. The fourth-order valence-corrected chi connectivity index (χ4v) is 2.30. The first-order valence-electron chi connectivity index (χ1n) is 5.43. The number of hydrogen-bond acceptors (Lipinski definition) is 5. The number of ether oxygens (including phenoxy) is 1. The lowest BCUT2D eigenvalue weighted by Crippen LogP contribution is -2.21. The predicted molar refractivity (Wildman–Crippen MR) is 66.7 cm³/mol. The zero-order valence-corrected chi connectivity index (χ0v) is 10.9. The summed E-state index contributed by atoms with van der Waals surface area (Å²) in [5.41, 5.74) is 1.63. The van der Waals surface area contributed by atoms with Crippen LogP contribution >= 0.6 is 11.3 Å². The summed E-state index contributed by atoms with van der Waals surface area (Å²) in [6.45, 7) is 3.92. The minimum atomic E-state index is -1.19. The lowest BCUT2D eigenvalue weighted by molar-refractivity contribution is -0.254. The molecule has 0 saturated heterocycles. The molecule has 0 aliphatic rings. The highest BCUT2D eigenvalue weighted by molar-refractivity contribution is 7.13. The number of hydrogen-bond donors (Lipinski definition) is 0. The Bertz CT molecular complexity index is 560. The molecule has 0 spiro atoms. The molecule has 1 aromatic heterocycles. The Kier molecular flexibility index (Phi) is 3.62. The minimum absolute atomic E-state index is 0.164. The molecule has 0 atom stereocenters. The zero-order valence-electron chi connectivity index (χ0n) is 10.1. The highest BCUT2D eigenvalue weighted by Crippen LogP contribution is 2.19. The van der Waals surface area contributed by atoms with E-state index in [1.165, 1.54) is 0 Å². The third kappa shape index (κ3) is 2.87. The summed E-state index contributed by atoms with van der Waals surface area (Å²) < 4.78 is 5.53. The maximum atomic E-state index is 10.8. The van der Waals surface area contributed by atoms with E-state index in [1.54, 1.807) is 6.92 Å². The lowest BCUT2D eigenvalue weighted by atomic mass is 10.2. The molecule has 0 unspecified atom stereocenters. The van der Waals surface area contributed by atoms with E-state index in [0.717, 1.165) is 22.6 Å². The average molecular weight is 262 g/mol. The molecule has 1 heterocycles. The zero-order chi connectivity index (χ0) is 13.1. The van der Waals surface area contributed by atoms with Crippen LogP contribution in [-0.2, 0) is 6.61 Å². The van der Waals surface area contributed by atoms with Gasteiger partial charge in [0.25, 0.3) is 0 Å². The standard InChI is InChI=1S/C13H13NO3S/c1-8-3-5-10(6-4-8)17-7-11-14-9(2)12(18-11)13(15)16/h3-6H,7H2,1-2H3,(H,15,16)/p-1. The van der Waals surface area contributed by atoms with Crippen molar-refractivity contribution in [3.05, 3.63) is 45.4 Å². The van der Waals surface area contributed by atoms with Gasteiger partial charge in [0.2, 0.25) is 0 Å². The molecule has 0 aliphatic carbocycles. The second kappa shape index (κ2) is 5.18. The molecule has 94 valence electrons. The highest BCUT2D eigenvalue weighted by Gasteiger charge is 2.08. The molecule has 0 amide bonds. The third-order valence-electron chi connectivity index (χ3n) is 2.41. The van der Waals surface area contributed by atoms with Crippen LogP contribution in [0.1, 0.15) is 25.9 Å². The number of aromatic carboxylic acids is 1. The molecule has 2 rings (SSSR count). The smallest absolute Gasteiger partial charge is 0.140 e. The van der Waals surface area contributed by atoms with Crippen LogP contribution < -0.4 is 9.84 Å². The second-order valence-corrected chi connectivity index (χ2v) is 4.99. The van der Waals surface area contributed by atoms with Crippen LogP contribution in [0.5, 0.6) is 5.75 Å². The fourth-order valence-electron chi connectivity index (χ4n) is 1.48. The SMILES string of the molecule is Cc1ccc(OCc2nc(C)c(C(=O)[O-])s2)cc1. The van der Waals surface area contributed by atoms with Gasteiger partial charge < -0.3 is 14.6 Å². The fraction of sp³-hybridized carbons (Fsp3) is 0.231. The average Bonchev–Trinajstić information content (AvgIpc) is 2.70. The van der Waals surface area contributed by atoms with Crippen molar-refractivity contribution in [3.63, 3.8) is 0 Å². The van der Waals surface area contributed by atoms with Gasteiger partial charge in [-0.1, -0.05) is 17.7 Å². The highest BCUT2D eigenvalue weighted by atomic mass is 32.1. The number of carboxylic acid groups (broad SMARTS) is 1. The van der Waals surface area contributed by atoms with Gasteiger partial charge in [-0.2, -0.15) is 0 Å². The van der Waals surface area contributed by atoms with Crippen LogP contribution in [0.2, 0.25) is 0 Å². The molecule has 18 heavy (non-hydrogen) atoms. The van der Waals surface area contributed by atoms with Crippen molar-refractivity contribution >= 4 is 17.3 Å². The van der Waals surface area contributed by atoms with E-state index in [9.17, 15) is 9.90 Å². The van der Waals surface area contributed by atoms with Crippen molar-refractivity contribution in [2.45, 2.75) is 20.5 Å². The number of thiazole rings is 1. The van der Waals surface area contributed by atoms with Gasteiger partial charge in [-0.25, -0.2) is 4.98 Å². The number of aryl methyl sites for hydroxylation is 2. The van der Waals surface area contributed by atoms with Crippen LogP contribution in [0, 0.1) is 13.8 Å². The Morgan fingerprint density at radius 3 is 2.56 bits per heavy atom. The molecule has 0 N–H and O–H groups in total. The quantitative estimate of drug-likeness (QED) is 0.841. The first-order valence-corrected chi connectivity index (χ1v) is 6.25. The largest absolute Gasteiger partial charge is 0.544 e. The van der Waals surface area contributed by atoms with Gasteiger partial charge in [-0.15, -0.1) is 11.3 Å². The number of rotatable bonds is 4. The van der Waals surface area contributed by atoms with E-state index in [4.69, 9.17) is 4.74 Å². The summed E-state index contributed by atoms with van der Waals surface area (Å²) in [7, 11) is 0.